The molecule has 0 saturated carbocycles. The molecule has 5 nitrogen and oxygen atoms in total. The molecule has 0 aliphatic heterocycles. The van der Waals surface area contributed by atoms with Crippen molar-refractivity contribution in [2.75, 3.05) is 18.5 Å². The maximum absolute atomic E-state index is 12.5. The van der Waals surface area contributed by atoms with Gasteiger partial charge in [0.2, 0.25) is 0 Å². The van der Waals surface area contributed by atoms with Crippen LogP contribution in [0, 0.1) is 18.3 Å². The largest absolute Gasteiger partial charge is 0.395 e. The van der Waals surface area contributed by atoms with Crippen LogP contribution in [0.3, 0.4) is 0 Å². The van der Waals surface area contributed by atoms with Gasteiger partial charge in [0, 0.05) is 30.0 Å². The second kappa shape index (κ2) is 9.62. The highest BCUT2D eigenvalue weighted by molar-refractivity contribution is 6.31. The third-order valence-corrected chi connectivity index (χ3v) is 3.98. The molecule has 2 rings (SSSR count). The Morgan fingerprint density at radius 1 is 1.31 bits per heavy atom. The molecule has 26 heavy (non-hydrogen) atoms. The van der Waals surface area contributed by atoms with Gasteiger partial charge in [-0.15, -0.1) is 0 Å². The highest BCUT2D eigenvalue weighted by atomic mass is 35.5. The summed E-state index contributed by atoms with van der Waals surface area (Å²) in [6.07, 6.45) is 1.47. The lowest BCUT2D eigenvalue weighted by Gasteiger charge is -2.20. The van der Waals surface area contributed by atoms with Gasteiger partial charge < -0.3 is 15.3 Å². The maximum atomic E-state index is 12.5. The van der Waals surface area contributed by atoms with Gasteiger partial charge in [-0.25, -0.2) is 0 Å². The minimum absolute atomic E-state index is 0.0474. The van der Waals surface area contributed by atoms with Crippen LogP contribution >= 0.6 is 11.6 Å². The second-order valence-corrected chi connectivity index (χ2v) is 6.18. The SMILES string of the molecule is Cc1ccc(Cl)cc1NC(=O)/C(C#N)=C\N(CCO)Cc1ccccc1. The number of hydrogen-bond donors (Lipinski definition) is 2. The van der Waals surface area contributed by atoms with E-state index in [-0.39, 0.29) is 12.2 Å². The quantitative estimate of drug-likeness (QED) is 0.578. The van der Waals surface area contributed by atoms with Crippen molar-refractivity contribution in [1.29, 1.82) is 5.26 Å². The zero-order valence-corrected chi connectivity index (χ0v) is 15.2. The molecular formula is C20H20ClN3O2. The van der Waals surface area contributed by atoms with Gasteiger partial charge in [0.25, 0.3) is 5.91 Å². The number of nitrogens with zero attached hydrogens (tertiary/aromatic N) is 2. The number of carbonyl (C=O) groups excluding carboxylic acids is 1. The average Bonchev–Trinajstić information content (AvgIpc) is 2.63. The molecule has 2 N–H and O–H groups in total. The van der Waals surface area contributed by atoms with Crippen LogP contribution in [0.25, 0.3) is 0 Å². The van der Waals surface area contributed by atoms with Crippen molar-refractivity contribution in [2.45, 2.75) is 13.5 Å². The molecule has 0 bridgehead atoms. The molecule has 0 atom stereocenters. The minimum atomic E-state index is -0.520. The first-order valence-electron chi connectivity index (χ1n) is 8.11. The van der Waals surface area contributed by atoms with Gasteiger partial charge in [-0.05, 0) is 30.2 Å². The Bertz CT molecular complexity index is 829. The first-order valence-corrected chi connectivity index (χ1v) is 8.49. The zero-order chi connectivity index (χ0) is 18.9. The molecule has 1 amide bonds. The molecular weight excluding hydrogens is 350 g/mol. The summed E-state index contributed by atoms with van der Waals surface area (Å²) in [5, 5.41) is 21.9. The van der Waals surface area contributed by atoms with E-state index < -0.39 is 5.91 Å². The molecule has 0 spiro atoms. The van der Waals surface area contributed by atoms with Crippen molar-refractivity contribution in [1.82, 2.24) is 4.90 Å². The fourth-order valence-corrected chi connectivity index (χ4v) is 2.55. The van der Waals surface area contributed by atoms with Crippen LogP contribution in [0.5, 0.6) is 0 Å². The van der Waals surface area contributed by atoms with Gasteiger partial charge in [-0.3, -0.25) is 4.79 Å². The number of anilines is 1. The predicted octanol–water partition coefficient (Wildman–Crippen LogP) is 3.49. The van der Waals surface area contributed by atoms with Crippen LogP contribution in [0.1, 0.15) is 11.1 Å². The molecule has 0 saturated heterocycles. The lowest BCUT2D eigenvalue weighted by Crippen LogP contribution is -2.24. The van der Waals surface area contributed by atoms with Gasteiger partial charge in [-0.1, -0.05) is 48.0 Å². The fourth-order valence-electron chi connectivity index (χ4n) is 2.38. The molecule has 0 aromatic heterocycles. The molecule has 0 aliphatic carbocycles. The number of benzene rings is 2. The highest BCUT2D eigenvalue weighted by Crippen LogP contribution is 2.20. The van der Waals surface area contributed by atoms with Crippen LogP contribution in [0.4, 0.5) is 5.69 Å². The van der Waals surface area contributed by atoms with Crippen molar-refractivity contribution in [3.8, 4) is 6.07 Å². The maximum Gasteiger partial charge on any atom is 0.267 e. The Balaban J connectivity index is 2.18. The Hall–Kier alpha value is -2.81. The Morgan fingerprint density at radius 3 is 2.69 bits per heavy atom. The first-order chi connectivity index (χ1) is 12.5. The number of rotatable bonds is 7. The summed E-state index contributed by atoms with van der Waals surface area (Å²) in [5.74, 6) is -0.520. The number of aliphatic hydroxyl groups excluding tert-OH is 1. The topological polar surface area (TPSA) is 76.4 Å². The Morgan fingerprint density at radius 2 is 2.04 bits per heavy atom. The molecule has 0 radical (unpaired) electrons. The molecule has 0 heterocycles. The number of hydrogen-bond acceptors (Lipinski definition) is 4. The van der Waals surface area contributed by atoms with Crippen molar-refractivity contribution in [3.63, 3.8) is 0 Å². The van der Waals surface area contributed by atoms with E-state index in [1.165, 1.54) is 6.20 Å². The van der Waals surface area contributed by atoms with E-state index >= 15 is 0 Å². The lowest BCUT2D eigenvalue weighted by atomic mass is 10.2. The number of nitrogens with one attached hydrogen (secondary N) is 1. The van der Waals surface area contributed by atoms with Crippen molar-refractivity contribution >= 4 is 23.2 Å². The smallest absolute Gasteiger partial charge is 0.267 e. The molecule has 2 aromatic rings. The highest BCUT2D eigenvalue weighted by Gasteiger charge is 2.13. The zero-order valence-electron chi connectivity index (χ0n) is 14.4. The molecule has 0 unspecified atom stereocenters. The van der Waals surface area contributed by atoms with E-state index in [2.05, 4.69) is 5.32 Å². The molecule has 0 fully saturated rings. The monoisotopic (exact) mass is 369 g/mol. The average molecular weight is 370 g/mol. The molecule has 0 aliphatic rings. The molecule has 134 valence electrons. The summed E-state index contributed by atoms with van der Waals surface area (Å²) in [6.45, 7) is 2.55. The summed E-state index contributed by atoms with van der Waals surface area (Å²) in [4.78, 5) is 14.2. The summed E-state index contributed by atoms with van der Waals surface area (Å²) >= 11 is 5.96. The normalized spacial score (nSPS) is 10.9. The minimum Gasteiger partial charge on any atom is -0.395 e. The Kier molecular flexibility index (Phi) is 7.22. The van der Waals surface area contributed by atoms with Crippen molar-refractivity contribution < 1.29 is 9.90 Å². The van der Waals surface area contributed by atoms with Gasteiger partial charge in [-0.2, -0.15) is 5.26 Å². The summed E-state index contributed by atoms with van der Waals surface area (Å²) in [6, 6.07) is 16.7. The van der Waals surface area contributed by atoms with Crippen LogP contribution in [0.15, 0.2) is 60.3 Å². The summed E-state index contributed by atoms with van der Waals surface area (Å²) in [7, 11) is 0. The number of aryl methyl sites for hydroxylation is 1. The number of nitriles is 1. The van der Waals surface area contributed by atoms with Crippen LogP contribution in [-0.4, -0.2) is 29.1 Å². The van der Waals surface area contributed by atoms with E-state index in [0.717, 1.165) is 11.1 Å². The molecule has 2 aromatic carbocycles. The van der Waals surface area contributed by atoms with E-state index in [1.54, 1.807) is 23.1 Å². The lowest BCUT2D eigenvalue weighted by molar-refractivity contribution is -0.112. The Labute approximate surface area is 158 Å². The van der Waals surface area contributed by atoms with Crippen LogP contribution < -0.4 is 5.32 Å². The number of halogens is 1. The van der Waals surface area contributed by atoms with Gasteiger partial charge in [0.05, 0.1) is 6.61 Å². The van der Waals surface area contributed by atoms with E-state index in [4.69, 9.17) is 11.6 Å². The second-order valence-electron chi connectivity index (χ2n) is 5.75. The van der Waals surface area contributed by atoms with Gasteiger partial charge in [0.15, 0.2) is 0 Å². The van der Waals surface area contributed by atoms with Crippen LogP contribution in [-0.2, 0) is 11.3 Å². The third kappa shape index (κ3) is 5.62. The van der Waals surface area contributed by atoms with Gasteiger partial charge >= 0.3 is 0 Å². The van der Waals surface area contributed by atoms with E-state index in [9.17, 15) is 15.2 Å². The first kappa shape index (κ1) is 19.5. The number of carbonyl (C=O) groups is 1. The summed E-state index contributed by atoms with van der Waals surface area (Å²) in [5.41, 5.74) is 2.37. The van der Waals surface area contributed by atoms with Crippen molar-refractivity contribution in [2.24, 2.45) is 0 Å². The van der Waals surface area contributed by atoms with E-state index in [0.29, 0.717) is 23.8 Å². The fraction of sp³-hybridized carbons (Fsp3) is 0.200. The number of aliphatic hydroxyl groups is 1. The standard InChI is InChI=1S/C20H20ClN3O2/c1-15-7-8-18(21)11-19(15)23-20(26)17(12-22)14-24(9-10-25)13-16-5-3-2-4-6-16/h2-8,11,14,25H,9-10,13H2,1H3,(H,23,26)/b17-14-. The van der Waals surface area contributed by atoms with Crippen molar-refractivity contribution in [3.05, 3.63) is 76.5 Å². The van der Waals surface area contributed by atoms with Gasteiger partial charge in [0.1, 0.15) is 11.6 Å². The molecule has 6 heteroatoms. The van der Waals surface area contributed by atoms with Crippen LogP contribution in [0.2, 0.25) is 5.02 Å². The third-order valence-electron chi connectivity index (χ3n) is 3.74. The summed E-state index contributed by atoms with van der Waals surface area (Å²) < 4.78 is 0. The number of amides is 1. The van der Waals surface area contributed by atoms with E-state index in [1.807, 2.05) is 43.3 Å². The predicted molar refractivity (Wildman–Crippen MR) is 102 cm³/mol.